The molecule has 3 nitrogen and oxygen atoms in total. The fourth-order valence-corrected chi connectivity index (χ4v) is 3.19. The monoisotopic (exact) mass is 372 g/mol. The number of fused-ring (bicyclic) bond motifs is 1. The number of para-hydroxylation sites is 1. The van der Waals surface area contributed by atoms with E-state index in [2.05, 4.69) is 11.0 Å². The maximum Gasteiger partial charge on any atom is 0.123 e. The number of ether oxygens (including phenoxy) is 1. The van der Waals surface area contributed by atoms with E-state index in [1.807, 2.05) is 36.4 Å². The zero-order valence-corrected chi connectivity index (χ0v) is 15.5. The van der Waals surface area contributed by atoms with E-state index in [0.29, 0.717) is 18.2 Å². The Hall–Kier alpha value is -2.01. The second-order valence-electron chi connectivity index (χ2n) is 6.30. The fraction of sp³-hybridized carbons (Fsp3) is 0.286. The van der Waals surface area contributed by atoms with Gasteiger partial charge in [-0.05, 0) is 36.2 Å². The Balaban J connectivity index is 1.77. The molecule has 3 aromatic rings. The van der Waals surface area contributed by atoms with Crippen LogP contribution in [-0.4, -0.2) is 30.1 Å². The van der Waals surface area contributed by atoms with Crippen molar-refractivity contribution in [2.45, 2.75) is 19.5 Å². The molecule has 0 N–H and O–H groups in total. The van der Waals surface area contributed by atoms with Crippen LogP contribution in [0.5, 0.6) is 0 Å². The van der Waals surface area contributed by atoms with Crippen LogP contribution in [0.25, 0.3) is 10.9 Å². The molecule has 3 rings (SSSR count). The van der Waals surface area contributed by atoms with E-state index in [1.165, 1.54) is 12.1 Å². The Morgan fingerprint density at radius 1 is 1.04 bits per heavy atom. The molecule has 1 aromatic heterocycles. The van der Waals surface area contributed by atoms with Crippen LogP contribution in [0.1, 0.15) is 17.7 Å². The lowest BCUT2D eigenvalue weighted by Gasteiger charge is -2.22. The van der Waals surface area contributed by atoms with Gasteiger partial charge in [-0.3, -0.25) is 4.90 Å². The molecule has 0 aliphatic carbocycles. The summed E-state index contributed by atoms with van der Waals surface area (Å²) in [5.74, 6) is -0.217. The second-order valence-corrected chi connectivity index (χ2v) is 6.70. The van der Waals surface area contributed by atoms with E-state index < -0.39 is 0 Å². The van der Waals surface area contributed by atoms with Crippen LogP contribution in [0.15, 0.2) is 54.6 Å². The summed E-state index contributed by atoms with van der Waals surface area (Å²) >= 11 is 6.28. The number of nitrogens with zero attached hydrogens (tertiary/aromatic N) is 2. The van der Waals surface area contributed by atoms with Crippen molar-refractivity contribution in [1.82, 2.24) is 9.88 Å². The lowest BCUT2D eigenvalue weighted by atomic mass is 10.1. The van der Waals surface area contributed by atoms with Gasteiger partial charge in [0.1, 0.15) is 5.82 Å². The van der Waals surface area contributed by atoms with E-state index in [4.69, 9.17) is 21.3 Å². The van der Waals surface area contributed by atoms with Crippen molar-refractivity contribution < 1.29 is 9.13 Å². The summed E-state index contributed by atoms with van der Waals surface area (Å²) in [4.78, 5) is 7.02. The third-order valence-electron chi connectivity index (χ3n) is 4.26. The maximum absolute atomic E-state index is 13.2. The molecular weight excluding hydrogens is 351 g/mol. The first-order valence-corrected chi connectivity index (χ1v) is 9.03. The number of methoxy groups -OCH3 is 1. The Kier molecular flexibility index (Phi) is 6.56. The first kappa shape index (κ1) is 18.8. The van der Waals surface area contributed by atoms with E-state index >= 15 is 0 Å². The standard InChI is InChI=1S/C21H22ClFN2O/c1-26-13-3-12-25(14-16-6-9-18(23)10-7-16)15-19-11-8-17-4-2-5-20(22)21(17)24-19/h2,4-11H,3,12-15H2,1H3. The highest BCUT2D eigenvalue weighted by atomic mass is 35.5. The van der Waals surface area contributed by atoms with Gasteiger partial charge in [0.05, 0.1) is 16.2 Å². The van der Waals surface area contributed by atoms with Crippen molar-refractivity contribution in [3.8, 4) is 0 Å². The number of pyridine rings is 1. The summed E-state index contributed by atoms with van der Waals surface area (Å²) in [6.45, 7) is 3.00. The van der Waals surface area contributed by atoms with Crippen LogP contribution in [-0.2, 0) is 17.8 Å². The number of halogens is 2. The highest BCUT2D eigenvalue weighted by Gasteiger charge is 2.10. The van der Waals surface area contributed by atoms with Gasteiger partial charge in [-0.2, -0.15) is 0 Å². The smallest absolute Gasteiger partial charge is 0.123 e. The number of hydrogen-bond donors (Lipinski definition) is 0. The highest BCUT2D eigenvalue weighted by Crippen LogP contribution is 2.22. The zero-order chi connectivity index (χ0) is 18.4. The summed E-state index contributed by atoms with van der Waals surface area (Å²) in [5, 5.41) is 1.69. The van der Waals surface area contributed by atoms with Crippen LogP contribution in [0.4, 0.5) is 4.39 Å². The first-order chi connectivity index (χ1) is 12.7. The van der Waals surface area contributed by atoms with Gasteiger partial charge >= 0.3 is 0 Å². The van der Waals surface area contributed by atoms with E-state index in [9.17, 15) is 4.39 Å². The predicted molar refractivity (Wildman–Crippen MR) is 104 cm³/mol. The number of rotatable bonds is 8. The number of hydrogen-bond acceptors (Lipinski definition) is 3. The molecule has 2 aromatic carbocycles. The van der Waals surface area contributed by atoms with Crippen molar-refractivity contribution >= 4 is 22.5 Å². The minimum atomic E-state index is -0.217. The molecule has 0 unspecified atom stereocenters. The Bertz CT molecular complexity index is 854. The van der Waals surface area contributed by atoms with Gasteiger partial charge in [-0.1, -0.05) is 41.9 Å². The molecule has 0 spiro atoms. The molecule has 0 amide bonds. The Morgan fingerprint density at radius 2 is 1.85 bits per heavy atom. The van der Waals surface area contributed by atoms with Gasteiger partial charge < -0.3 is 4.74 Å². The molecule has 0 saturated heterocycles. The van der Waals surface area contributed by atoms with Gasteiger partial charge in [-0.15, -0.1) is 0 Å². The largest absolute Gasteiger partial charge is 0.385 e. The normalized spacial score (nSPS) is 11.4. The van der Waals surface area contributed by atoms with Gasteiger partial charge in [0, 0.05) is 38.7 Å². The molecular formula is C21H22ClFN2O. The van der Waals surface area contributed by atoms with Gasteiger partial charge in [0.25, 0.3) is 0 Å². The molecule has 0 saturated carbocycles. The lowest BCUT2D eigenvalue weighted by Crippen LogP contribution is -2.25. The molecule has 1 heterocycles. The molecule has 0 bridgehead atoms. The van der Waals surface area contributed by atoms with Crippen molar-refractivity contribution in [2.75, 3.05) is 20.3 Å². The second kappa shape index (κ2) is 9.08. The fourth-order valence-electron chi connectivity index (χ4n) is 2.96. The first-order valence-electron chi connectivity index (χ1n) is 8.65. The number of benzene rings is 2. The van der Waals surface area contributed by atoms with Crippen LogP contribution >= 0.6 is 11.6 Å². The summed E-state index contributed by atoms with van der Waals surface area (Å²) in [7, 11) is 1.71. The van der Waals surface area contributed by atoms with Gasteiger partial charge in [0.15, 0.2) is 0 Å². The maximum atomic E-state index is 13.2. The lowest BCUT2D eigenvalue weighted by molar-refractivity contribution is 0.166. The molecule has 5 heteroatoms. The average Bonchev–Trinajstić information content (AvgIpc) is 2.64. The molecule has 0 atom stereocenters. The summed E-state index contributed by atoms with van der Waals surface area (Å²) in [6.07, 6.45) is 0.923. The van der Waals surface area contributed by atoms with Crippen molar-refractivity contribution in [3.05, 3.63) is 76.7 Å². The Labute approximate surface area is 158 Å². The van der Waals surface area contributed by atoms with Gasteiger partial charge in [-0.25, -0.2) is 9.37 Å². The molecule has 0 aliphatic rings. The third kappa shape index (κ3) is 5.01. The topological polar surface area (TPSA) is 25.4 Å². The summed E-state index contributed by atoms with van der Waals surface area (Å²) in [6, 6.07) is 16.5. The van der Waals surface area contributed by atoms with E-state index in [0.717, 1.165) is 41.7 Å². The third-order valence-corrected chi connectivity index (χ3v) is 4.56. The van der Waals surface area contributed by atoms with Crippen LogP contribution in [0.3, 0.4) is 0 Å². The quantitative estimate of drug-likeness (QED) is 0.516. The zero-order valence-electron chi connectivity index (χ0n) is 14.8. The molecule has 0 radical (unpaired) electrons. The average molecular weight is 373 g/mol. The van der Waals surface area contributed by atoms with Gasteiger partial charge in [0.2, 0.25) is 0 Å². The molecule has 136 valence electrons. The Morgan fingerprint density at radius 3 is 2.62 bits per heavy atom. The summed E-state index contributed by atoms with van der Waals surface area (Å²) < 4.78 is 18.3. The predicted octanol–water partition coefficient (Wildman–Crippen LogP) is 5.07. The van der Waals surface area contributed by atoms with Crippen molar-refractivity contribution in [2.24, 2.45) is 0 Å². The minimum Gasteiger partial charge on any atom is -0.385 e. The molecule has 0 fully saturated rings. The van der Waals surface area contributed by atoms with Crippen molar-refractivity contribution in [1.29, 1.82) is 0 Å². The molecule has 26 heavy (non-hydrogen) atoms. The SMILES string of the molecule is COCCCN(Cc1ccc(F)cc1)Cc1ccc2cccc(Cl)c2n1. The van der Waals surface area contributed by atoms with Crippen molar-refractivity contribution in [3.63, 3.8) is 0 Å². The minimum absolute atomic E-state index is 0.217. The highest BCUT2D eigenvalue weighted by molar-refractivity contribution is 6.35. The van der Waals surface area contributed by atoms with Crippen LogP contribution in [0, 0.1) is 5.82 Å². The van der Waals surface area contributed by atoms with E-state index in [-0.39, 0.29) is 5.82 Å². The molecule has 0 aliphatic heterocycles. The van der Waals surface area contributed by atoms with Crippen LogP contribution in [0.2, 0.25) is 5.02 Å². The van der Waals surface area contributed by atoms with Crippen LogP contribution < -0.4 is 0 Å². The number of aromatic nitrogens is 1. The van der Waals surface area contributed by atoms with E-state index in [1.54, 1.807) is 7.11 Å². The summed E-state index contributed by atoms with van der Waals surface area (Å²) in [5.41, 5.74) is 2.86.